The molecule has 1 rings (SSSR count). The molecule has 0 unspecified atom stereocenters. The van der Waals surface area contributed by atoms with Crippen LogP contribution in [0.25, 0.3) is 0 Å². The normalized spacial score (nSPS) is 12.0. The molecule has 0 fully saturated rings. The zero-order chi connectivity index (χ0) is 14.1. The van der Waals surface area contributed by atoms with Crippen LogP contribution in [0, 0.1) is 3.57 Å². The van der Waals surface area contributed by atoms with E-state index in [4.69, 9.17) is 0 Å². The van der Waals surface area contributed by atoms with Crippen LogP contribution in [0.15, 0.2) is 22.0 Å². The van der Waals surface area contributed by atoms with E-state index in [1.54, 1.807) is 0 Å². The number of aliphatic imine (C=N–C) groups is 1. The summed E-state index contributed by atoms with van der Waals surface area (Å²) in [6.07, 6.45) is 1.01. The number of alkyl halides is 3. The number of sulfone groups is 1. The summed E-state index contributed by atoms with van der Waals surface area (Å²) in [6.45, 7) is 0. The number of rotatable bonds is 2. The van der Waals surface area contributed by atoms with Gasteiger partial charge in [0.2, 0.25) is 6.08 Å². The van der Waals surface area contributed by atoms with Crippen molar-refractivity contribution in [1.29, 1.82) is 0 Å². The van der Waals surface area contributed by atoms with Crippen molar-refractivity contribution in [3.05, 3.63) is 15.7 Å². The van der Waals surface area contributed by atoms with Crippen LogP contribution in [-0.4, -0.2) is 25.1 Å². The van der Waals surface area contributed by atoms with Crippen molar-refractivity contribution in [2.45, 2.75) is 10.4 Å². The fourth-order valence-electron chi connectivity index (χ4n) is 0.984. The van der Waals surface area contributed by atoms with Gasteiger partial charge in [-0.1, -0.05) is 0 Å². The lowest BCUT2D eigenvalue weighted by Gasteiger charge is -2.09. The van der Waals surface area contributed by atoms with Crippen LogP contribution in [0.1, 0.15) is 0 Å². The molecule has 0 atom stereocenters. The highest BCUT2D eigenvalue weighted by Crippen LogP contribution is 2.38. The topological polar surface area (TPSA) is 83.8 Å². The molecule has 0 saturated heterocycles. The van der Waals surface area contributed by atoms with Crippen LogP contribution in [0.2, 0.25) is 0 Å². The first kappa shape index (κ1) is 14.9. The molecule has 0 radical (unpaired) electrons. The second-order valence-electron chi connectivity index (χ2n) is 2.93. The van der Waals surface area contributed by atoms with Crippen molar-refractivity contribution in [1.82, 2.24) is 0 Å². The van der Waals surface area contributed by atoms with E-state index < -0.39 is 31.7 Å². The van der Waals surface area contributed by atoms with Crippen LogP contribution >= 0.6 is 22.6 Å². The minimum Gasteiger partial charge on any atom is -0.505 e. The van der Waals surface area contributed by atoms with E-state index in [-0.39, 0.29) is 3.57 Å². The van der Waals surface area contributed by atoms with E-state index in [9.17, 15) is 31.5 Å². The fourth-order valence-corrected chi connectivity index (χ4v) is 2.61. The van der Waals surface area contributed by atoms with Crippen molar-refractivity contribution >= 4 is 44.2 Å². The lowest BCUT2D eigenvalue weighted by molar-refractivity contribution is -0.0436. The monoisotopic (exact) mass is 393 g/mol. The van der Waals surface area contributed by atoms with Gasteiger partial charge in [0.05, 0.1) is 8.47 Å². The van der Waals surface area contributed by atoms with E-state index in [1.807, 2.05) is 0 Å². The minimum atomic E-state index is -5.56. The lowest BCUT2D eigenvalue weighted by atomic mass is 10.3. The van der Waals surface area contributed by atoms with E-state index in [0.717, 1.165) is 6.08 Å². The van der Waals surface area contributed by atoms with Crippen LogP contribution < -0.4 is 0 Å². The Morgan fingerprint density at radius 1 is 1.33 bits per heavy atom. The highest BCUT2D eigenvalue weighted by Gasteiger charge is 2.47. The molecule has 98 valence electrons. The van der Waals surface area contributed by atoms with Gasteiger partial charge in [-0.15, -0.1) is 0 Å². The minimum absolute atomic E-state index is 0.188. The third-order valence-electron chi connectivity index (χ3n) is 1.80. The molecule has 5 nitrogen and oxygen atoms in total. The molecule has 0 heterocycles. The molecule has 18 heavy (non-hydrogen) atoms. The molecule has 0 aliphatic carbocycles. The molecule has 1 aromatic carbocycles. The standard InChI is InChI=1S/C8H3F3INO4S/c9-8(10,11)18(16,17)4-1-5(12)7(15)6(2-4)13-3-14/h1-2,15H. The number of phenolic OH excluding ortho intramolecular Hbond substituents is 1. The second-order valence-corrected chi connectivity index (χ2v) is 6.03. The summed E-state index contributed by atoms with van der Waals surface area (Å²) < 4.78 is 59.0. The third-order valence-corrected chi connectivity index (χ3v) is 4.09. The van der Waals surface area contributed by atoms with Gasteiger partial charge in [-0.2, -0.15) is 18.2 Å². The maximum Gasteiger partial charge on any atom is 0.501 e. The molecule has 0 aromatic heterocycles. The summed E-state index contributed by atoms with van der Waals surface area (Å²) in [5, 5.41) is 9.37. The zero-order valence-electron chi connectivity index (χ0n) is 8.19. The third kappa shape index (κ3) is 2.65. The van der Waals surface area contributed by atoms with Gasteiger partial charge in [-0.3, -0.25) is 0 Å². The predicted octanol–water partition coefficient (Wildman–Crippen LogP) is 2.26. The van der Waals surface area contributed by atoms with Gasteiger partial charge >= 0.3 is 5.51 Å². The smallest absolute Gasteiger partial charge is 0.501 e. The Hall–Kier alpha value is -1.13. The Kier molecular flexibility index (Phi) is 4.03. The predicted molar refractivity (Wildman–Crippen MR) is 61.8 cm³/mol. The average Bonchev–Trinajstić information content (AvgIpc) is 2.23. The second kappa shape index (κ2) is 4.86. The van der Waals surface area contributed by atoms with E-state index in [0.29, 0.717) is 12.1 Å². The van der Waals surface area contributed by atoms with Gasteiger partial charge in [-0.25, -0.2) is 13.2 Å². The maximum atomic E-state index is 12.3. The Bertz CT molecular complexity index is 634. The summed E-state index contributed by atoms with van der Waals surface area (Å²) in [5.74, 6) is -0.597. The fraction of sp³-hybridized carbons (Fsp3) is 0.125. The molecule has 0 aliphatic heterocycles. The summed E-state index contributed by atoms with van der Waals surface area (Å²) in [6, 6.07) is 1.08. The highest BCUT2D eigenvalue weighted by molar-refractivity contribution is 14.1. The Labute approximate surface area is 112 Å². The van der Waals surface area contributed by atoms with Gasteiger partial charge in [-0.05, 0) is 34.7 Å². The molecule has 0 amide bonds. The number of nitrogens with zero attached hydrogens (tertiary/aromatic N) is 1. The quantitative estimate of drug-likeness (QED) is 0.475. The Balaban J connectivity index is 3.60. The molecular weight excluding hydrogens is 390 g/mol. The number of halogens is 4. The van der Waals surface area contributed by atoms with Crippen LogP contribution in [0.3, 0.4) is 0 Å². The molecule has 0 aliphatic rings. The summed E-state index contributed by atoms with van der Waals surface area (Å²) in [4.78, 5) is 11.8. The first-order valence-corrected chi connectivity index (χ1v) is 6.59. The van der Waals surface area contributed by atoms with Crippen molar-refractivity contribution in [3.63, 3.8) is 0 Å². The van der Waals surface area contributed by atoms with Crippen LogP contribution in [0.5, 0.6) is 5.75 Å². The molecule has 0 bridgehead atoms. The Morgan fingerprint density at radius 2 is 1.89 bits per heavy atom. The number of benzene rings is 1. The number of hydrogen-bond acceptors (Lipinski definition) is 5. The molecular formula is C8H3F3INO4S. The van der Waals surface area contributed by atoms with Gasteiger partial charge in [0.25, 0.3) is 9.84 Å². The van der Waals surface area contributed by atoms with E-state index in [1.165, 1.54) is 22.6 Å². The number of phenols is 1. The molecule has 1 N–H and O–H groups in total. The van der Waals surface area contributed by atoms with Crippen molar-refractivity contribution in [2.75, 3.05) is 0 Å². The van der Waals surface area contributed by atoms with Crippen LogP contribution in [-0.2, 0) is 14.6 Å². The van der Waals surface area contributed by atoms with Crippen LogP contribution in [0.4, 0.5) is 18.9 Å². The average molecular weight is 393 g/mol. The van der Waals surface area contributed by atoms with Crippen molar-refractivity contribution < 1.29 is 31.5 Å². The van der Waals surface area contributed by atoms with Crippen molar-refractivity contribution in [3.8, 4) is 5.75 Å². The number of carbonyl (C=O) groups excluding carboxylic acids is 1. The maximum absolute atomic E-state index is 12.3. The summed E-state index contributed by atoms with van der Waals surface area (Å²) in [7, 11) is -5.56. The van der Waals surface area contributed by atoms with Crippen molar-refractivity contribution in [2.24, 2.45) is 4.99 Å². The Morgan fingerprint density at radius 3 is 2.33 bits per heavy atom. The first-order valence-electron chi connectivity index (χ1n) is 4.03. The number of isocyanates is 1. The molecule has 0 spiro atoms. The van der Waals surface area contributed by atoms with E-state index in [2.05, 4.69) is 4.99 Å². The SMILES string of the molecule is O=C=Nc1cc(S(=O)(=O)C(F)(F)F)cc(I)c1O. The summed E-state index contributed by atoms with van der Waals surface area (Å²) in [5.41, 5.74) is -6.07. The molecule has 0 saturated carbocycles. The van der Waals surface area contributed by atoms with E-state index >= 15 is 0 Å². The zero-order valence-corrected chi connectivity index (χ0v) is 11.2. The van der Waals surface area contributed by atoms with Gasteiger partial charge in [0.1, 0.15) is 5.69 Å². The molecule has 10 heteroatoms. The largest absolute Gasteiger partial charge is 0.505 e. The van der Waals surface area contributed by atoms with Gasteiger partial charge in [0.15, 0.2) is 5.75 Å². The van der Waals surface area contributed by atoms with Gasteiger partial charge < -0.3 is 5.11 Å². The molecule has 1 aromatic rings. The number of hydrogen-bond donors (Lipinski definition) is 1. The lowest BCUT2D eigenvalue weighted by Crippen LogP contribution is -2.23. The summed E-state index contributed by atoms with van der Waals surface area (Å²) >= 11 is 1.41. The highest BCUT2D eigenvalue weighted by atomic mass is 127. The van der Waals surface area contributed by atoms with Gasteiger partial charge in [0, 0.05) is 0 Å². The number of aromatic hydroxyl groups is 1. The first-order chi connectivity index (χ1) is 8.11.